The number of halogens is 1. The molecule has 2 N–H and O–H groups in total. The fourth-order valence-corrected chi connectivity index (χ4v) is 4.70. The number of carbonyl (C=O) groups excluding carboxylic acids is 2. The first-order chi connectivity index (χ1) is 17.5. The molecule has 1 aliphatic rings. The Morgan fingerprint density at radius 3 is 2.43 bits per heavy atom. The topological polar surface area (TPSA) is 99.5 Å². The predicted octanol–water partition coefficient (Wildman–Crippen LogP) is 3.10. The van der Waals surface area contributed by atoms with Crippen molar-refractivity contribution in [3.63, 3.8) is 0 Å². The molecule has 1 aliphatic heterocycles. The minimum atomic E-state index is -1.33. The van der Waals surface area contributed by atoms with E-state index in [1.165, 1.54) is 30.2 Å². The summed E-state index contributed by atoms with van der Waals surface area (Å²) in [5, 5.41) is 21.3. The number of hydrogen-bond donors (Lipinski definition) is 2. The summed E-state index contributed by atoms with van der Waals surface area (Å²) in [6.45, 7) is 8.98. The number of ether oxygens (including phenoxy) is 2. The van der Waals surface area contributed by atoms with Crippen LogP contribution >= 0.6 is 0 Å². The van der Waals surface area contributed by atoms with E-state index in [9.17, 15) is 24.2 Å². The van der Waals surface area contributed by atoms with Gasteiger partial charge in [0, 0.05) is 45.8 Å². The normalized spacial score (nSPS) is 24.8. The summed E-state index contributed by atoms with van der Waals surface area (Å²) in [7, 11) is 1.39. The van der Waals surface area contributed by atoms with Gasteiger partial charge in [-0.1, -0.05) is 39.8 Å². The number of aliphatic hydroxyl groups excluding tert-OH is 2. The Morgan fingerprint density at radius 2 is 1.81 bits per heavy atom. The molecule has 1 aromatic rings. The minimum absolute atomic E-state index is 0.0192. The highest BCUT2D eigenvalue weighted by atomic mass is 19.1. The van der Waals surface area contributed by atoms with Crippen LogP contribution in [0, 0.1) is 17.7 Å². The fourth-order valence-electron chi connectivity index (χ4n) is 4.70. The standard InChI is InChI=1S/C28H45FN2O6/c1-19(2)14-21-16-30(28(35)22-10-6-7-11-23(22)29)17-25(36-5)27(34)24(32)18-37-13-9-8-12-31(21)26(33)15-20(3)4/h6-7,10-11,19-21,24-25,27,32,34H,8-9,12-18H2,1-5H3/t21-,24-,25-,27-/m1/s1. The van der Waals surface area contributed by atoms with Crippen LogP contribution in [-0.4, -0.2) is 96.1 Å². The number of amides is 2. The first-order valence-electron chi connectivity index (χ1n) is 13.3. The zero-order chi connectivity index (χ0) is 27.5. The van der Waals surface area contributed by atoms with Gasteiger partial charge in [-0.3, -0.25) is 9.59 Å². The second kappa shape index (κ2) is 15.4. The number of benzene rings is 1. The molecule has 1 saturated heterocycles. The molecule has 0 radical (unpaired) electrons. The van der Waals surface area contributed by atoms with E-state index in [0.717, 1.165) is 0 Å². The summed E-state index contributed by atoms with van der Waals surface area (Å²) >= 11 is 0. The maximum absolute atomic E-state index is 14.7. The molecule has 0 saturated carbocycles. The third-order valence-electron chi connectivity index (χ3n) is 6.61. The monoisotopic (exact) mass is 524 g/mol. The minimum Gasteiger partial charge on any atom is -0.388 e. The number of methoxy groups -OCH3 is 1. The number of aliphatic hydroxyl groups is 2. The van der Waals surface area contributed by atoms with Crippen molar-refractivity contribution < 1.29 is 33.7 Å². The zero-order valence-corrected chi connectivity index (χ0v) is 22.9. The average Bonchev–Trinajstić information content (AvgIpc) is 2.83. The van der Waals surface area contributed by atoms with Crippen molar-refractivity contribution in [2.24, 2.45) is 11.8 Å². The second-order valence-electron chi connectivity index (χ2n) is 10.8. The molecule has 1 fully saturated rings. The van der Waals surface area contributed by atoms with Gasteiger partial charge in [0.2, 0.25) is 5.91 Å². The summed E-state index contributed by atoms with van der Waals surface area (Å²) in [5.74, 6) is -0.782. The van der Waals surface area contributed by atoms with Crippen LogP contribution in [0.4, 0.5) is 4.39 Å². The van der Waals surface area contributed by atoms with Gasteiger partial charge in [0.25, 0.3) is 5.91 Å². The predicted molar refractivity (Wildman–Crippen MR) is 140 cm³/mol. The van der Waals surface area contributed by atoms with Crippen LogP contribution in [0.15, 0.2) is 24.3 Å². The van der Waals surface area contributed by atoms with E-state index in [4.69, 9.17) is 9.47 Å². The Balaban J connectivity index is 2.52. The number of hydrogen-bond acceptors (Lipinski definition) is 6. The van der Waals surface area contributed by atoms with Gasteiger partial charge < -0.3 is 29.5 Å². The Bertz CT molecular complexity index is 852. The van der Waals surface area contributed by atoms with Gasteiger partial charge in [-0.2, -0.15) is 0 Å². The third kappa shape index (κ3) is 9.63. The van der Waals surface area contributed by atoms with Crippen molar-refractivity contribution in [2.75, 3.05) is 40.0 Å². The second-order valence-corrected chi connectivity index (χ2v) is 10.8. The maximum Gasteiger partial charge on any atom is 0.256 e. The molecule has 0 aliphatic carbocycles. The molecule has 2 amide bonds. The van der Waals surface area contributed by atoms with Crippen LogP contribution in [0.25, 0.3) is 0 Å². The Morgan fingerprint density at radius 1 is 1.11 bits per heavy atom. The van der Waals surface area contributed by atoms with Gasteiger partial charge in [-0.25, -0.2) is 4.39 Å². The summed E-state index contributed by atoms with van der Waals surface area (Å²) in [5.41, 5.74) is -0.0970. The highest BCUT2D eigenvalue weighted by Gasteiger charge is 2.34. The summed E-state index contributed by atoms with van der Waals surface area (Å²) in [6.07, 6.45) is -1.09. The van der Waals surface area contributed by atoms with E-state index in [0.29, 0.717) is 38.8 Å². The van der Waals surface area contributed by atoms with Crippen LogP contribution in [0.3, 0.4) is 0 Å². The van der Waals surface area contributed by atoms with E-state index in [2.05, 4.69) is 13.8 Å². The first kappa shape index (κ1) is 31.1. The average molecular weight is 525 g/mol. The molecule has 0 aromatic heterocycles. The molecule has 9 heteroatoms. The van der Waals surface area contributed by atoms with Crippen molar-refractivity contribution in [2.45, 2.75) is 77.7 Å². The van der Waals surface area contributed by atoms with E-state index in [-0.39, 0.29) is 49.0 Å². The van der Waals surface area contributed by atoms with Crippen molar-refractivity contribution in [3.05, 3.63) is 35.6 Å². The van der Waals surface area contributed by atoms with E-state index in [1.807, 2.05) is 18.7 Å². The molecule has 1 heterocycles. The van der Waals surface area contributed by atoms with Crippen LogP contribution in [0.2, 0.25) is 0 Å². The van der Waals surface area contributed by atoms with Gasteiger partial charge in [0.1, 0.15) is 24.1 Å². The molecule has 8 nitrogen and oxygen atoms in total. The van der Waals surface area contributed by atoms with Crippen LogP contribution in [0.5, 0.6) is 0 Å². The molecule has 0 bridgehead atoms. The number of nitrogens with zero attached hydrogens (tertiary/aromatic N) is 2. The Hall–Kier alpha value is -2.07. The lowest BCUT2D eigenvalue weighted by molar-refractivity contribution is -0.135. The van der Waals surface area contributed by atoms with Crippen LogP contribution in [-0.2, 0) is 14.3 Å². The molecule has 37 heavy (non-hydrogen) atoms. The molecule has 0 unspecified atom stereocenters. The van der Waals surface area contributed by atoms with Gasteiger partial charge in [-0.15, -0.1) is 0 Å². The SMILES string of the molecule is CO[C@@H]1CN(C(=O)c2ccccc2F)C[C@@H](CC(C)C)N(C(=O)CC(C)C)CCCCOC[C@@H](O)[C@H]1O. The van der Waals surface area contributed by atoms with Crippen molar-refractivity contribution >= 4 is 11.8 Å². The lowest BCUT2D eigenvalue weighted by Crippen LogP contribution is -2.54. The molecular weight excluding hydrogens is 479 g/mol. The molecule has 1 aromatic carbocycles. The number of carbonyl (C=O) groups is 2. The zero-order valence-electron chi connectivity index (χ0n) is 22.9. The smallest absolute Gasteiger partial charge is 0.256 e. The van der Waals surface area contributed by atoms with E-state index < -0.39 is 30.0 Å². The Kier molecular flexibility index (Phi) is 12.9. The van der Waals surface area contributed by atoms with E-state index >= 15 is 0 Å². The lowest BCUT2D eigenvalue weighted by Gasteiger charge is -2.39. The third-order valence-corrected chi connectivity index (χ3v) is 6.61. The molecule has 0 spiro atoms. The molecule has 4 atom stereocenters. The summed E-state index contributed by atoms with van der Waals surface area (Å²) in [6, 6.07) is 5.44. The quantitative estimate of drug-likeness (QED) is 0.593. The van der Waals surface area contributed by atoms with E-state index in [1.54, 1.807) is 6.07 Å². The van der Waals surface area contributed by atoms with Crippen LogP contribution in [0.1, 0.15) is 63.7 Å². The highest BCUT2D eigenvalue weighted by molar-refractivity contribution is 5.94. The van der Waals surface area contributed by atoms with Gasteiger partial charge in [0.05, 0.1) is 12.2 Å². The van der Waals surface area contributed by atoms with Crippen LogP contribution < -0.4 is 0 Å². The maximum atomic E-state index is 14.7. The Labute approximate surface area is 220 Å². The van der Waals surface area contributed by atoms with Gasteiger partial charge >= 0.3 is 0 Å². The number of rotatable bonds is 6. The van der Waals surface area contributed by atoms with Gasteiger partial charge in [-0.05, 0) is 43.2 Å². The van der Waals surface area contributed by atoms with Crippen molar-refractivity contribution in [1.29, 1.82) is 0 Å². The fraction of sp³-hybridized carbons (Fsp3) is 0.714. The lowest BCUT2D eigenvalue weighted by atomic mass is 9.98. The largest absolute Gasteiger partial charge is 0.388 e. The highest BCUT2D eigenvalue weighted by Crippen LogP contribution is 2.21. The summed E-state index contributed by atoms with van der Waals surface area (Å²) < 4.78 is 25.7. The van der Waals surface area contributed by atoms with Crippen molar-refractivity contribution in [3.8, 4) is 0 Å². The first-order valence-corrected chi connectivity index (χ1v) is 13.3. The molecule has 210 valence electrons. The molecule has 2 rings (SSSR count). The molecular formula is C28H45FN2O6. The summed E-state index contributed by atoms with van der Waals surface area (Å²) in [4.78, 5) is 30.3. The van der Waals surface area contributed by atoms with Gasteiger partial charge in [0.15, 0.2) is 0 Å². The van der Waals surface area contributed by atoms with Crippen molar-refractivity contribution in [1.82, 2.24) is 9.80 Å².